The van der Waals surface area contributed by atoms with Crippen LogP contribution in [0.2, 0.25) is 0 Å². The van der Waals surface area contributed by atoms with E-state index in [0.717, 1.165) is 12.1 Å². The van der Waals surface area contributed by atoms with Gasteiger partial charge in [-0.3, -0.25) is 4.79 Å². The fraction of sp³-hybridized carbons (Fsp3) is 0.562. The van der Waals surface area contributed by atoms with Crippen molar-refractivity contribution < 1.29 is 4.79 Å². The van der Waals surface area contributed by atoms with Crippen molar-refractivity contribution in [1.82, 2.24) is 10.2 Å². The molecule has 1 aromatic rings. The zero-order valence-corrected chi connectivity index (χ0v) is 12.7. The summed E-state index contributed by atoms with van der Waals surface area (Å²) in [4.78, 5) is 14.4. The van der Waals surface area contributed by atoms with E-state index in [9.17, 15) is 4.79 Å². The van der Waals surface area contributed by atoms with Gasteiger partial charge in [0.25, 0.3) is 0 Å². The van der Waals surface area contributed by atoms with Crippen molar-refractivity contribution in [3.8, 4) is 0 Å². The number of benzene rings is 1. The number of amides is 1. The van der Waals surface area contributed by atoms with Gasteiger partial charge < -0.3 is 10.2 Å². The van der Waals surface area contributed by atoms with Gasteiger partial charge in [0, 0.05) is 13.1 Å². The van der Waals surface area contributed by atoms with E-state index in [1.54, 1.807) is 0 Å². The van der Waals surface area contributed by atoms with E-state index in [4.69, 9.17) is 0 Å². The second kappa shape index (κ2) is 7.29. The van der Waals surface area contributed by atoms with Gasteiger partial charge in [-0.15, -0.1) is 0 Å². The van der Waals surface area contributed by atoms with Gasteiger partial charge in [0.15, 0.2) is 0 Å². The molecule has 1 N–H and O–H groups in total. The molecule has 0 bridgehead atoms. The molecular weight excluding hydrogens is 236 g/mol. The van der Waals surface area contributed by atoms with Gasteiger partial charge in [-0.2, -0.15) is 0 Å². The fourth-order valence-electron chi connectivity index (χ4n) is 2.13. The monoisotopic (exact) mass is 262 g/mol. The van der Waals surface area contributed by atoms with Crippen LogP contribution in [0, 0.1) is 12.8 Å². The van der Waals surface area contributed by atoms with Crippen LogP contribution >= 0.6 is 0 Å². The average Bonchev–Trinajstić information content (AvgIpc) is 2.31. The Balaban J connectivity index is 2.72. The number of hydrogen-bond acceptors (Lipinski definition) is 2. The fourth-order valence-corrected chi connectivity index (χ4v) is 2.13. The summed E-state index contributed by atoms with van der Waals surface area (Å²) in [7, 11) is 4.01. The summed E-state index contributed by atoms with van der Waals surface area (Å²) >= 11 is 0. The largest absolute Gasteiger partial charge is 0.354 e. The molecule has 0 aromatic heterocycles. The molecule has 3 heteroatoms. The van der Waals surface area contributed by atoms with E-state index in [1.807, 2.05) is 14.1 Å². The first kappa shape index (κ1) is 15.7. The molecule has 0 heterocycles. The lowest BCUT2D eigenvalue weighted by Gasteiger charge is -2.21. The number of carbonyl (C=O) groups is 1. The summed E-state index contributed by atoms with van der Waals surface area (Å²) in [6.45, 7) is 7.81. The highest BCUT2D eigenvalue weighted by Gasteiger charge is 2.23. The lowest BCUT2D eigenvalue weighted by atomic mass is 9.87. The number of likely N-dealkylation sites (N-methyl/N-ethyl adjacent to an activating group) is 1. The molecule has 0 aliphatic carbocycles. The van der Waals surface area contributed by atoms with Crippen LogP contribution in [0.5, 0.6) is 0 Å². The lowest BCUT2D eigenvalue weighted by Crippen LogP contribution is -2.36. The summed E-state index contributed by atoms with van der Waals surface area (Å²) in [5.74, 6) is 0.352. The Labute approximate surface area is 117 Å². The van der Waals surface area contributed by atoms with Crippen molar-refractivity contribution in [1.29, 1.82) is 0 Å². The summed E-state index contributed by atoms with van der Waals surface area (Å²) < 4.78 is 0. The minimum absolute atomic E-state index is 0.0669. The molecule has 3 nitrogen and oxygen atoms in total. The van der Waals surface area contributed by atoms with E-state index in [-0.39, 0.29) is 11.8 Å². The Kier molecular flexibility index (Phi) is 6.03. The second-order valence-corrected chi connectivity index (χ2v) is 5.73. The van der Waals surface area contributed by atoms with E-state index in [2.05, 4.69) is 55.3 Å². The van der Waals surface area contributed by atoms with Gasteiger partial charge in [0.2, 0.25) is 5.91 Å². The van der Waals surface area contributed by atoms with Crippen LogP contribution in [-0.2, 0) is 4.79 Å². The highest BCUT2D eigenvalue weighted by molar-refractivity contribution is 5.83. The highest BCUT2D eigenvalue weighted by Crippen LogP contribution is 2.24. The molecule has 1 atom stereocenters. The molecule has 1 amide bonds. The van der Waals surface area contributed by atoms with Gasteiger partial charge >= 0.3 is 0 Å². The van der Waals surface area contributed by atoms with E-state index in [1.165, 1.54) is 5.56 Å². The third-order valence-electron chi connectivity index (χ3n) is 3.24. The van der Waals surface area contributed by atoms with Crippen LogP contribution in [0.4, 0.5) is 0 Å². The molecule has 19 heavy (non-hydrogen) atoms. The minimum atomic E-state index is -0.0669. The Morgan fingerprint density at radius 2 is 1.79 bits per heavy atom. The maximum Gasteiger partial charge on any atom is 0.227 e. The Hall–Kier alpha value is -1.35. The molecule has 0 spiro atoms. The quantitative estimate of drug-likeness (QED) is 0.854. The zero-order valence-electron chi connectivity index (χ0n) is 12.7. The van der Waals surface area contributed by atoms with Crippen LogP contribution in [-0.4, -0.2) is 38.0 Å². The third-order valence-corrected chi connectivity index (χ3v) is 3.24. The minimum Gasteiger partial charge on any atom is -0.354 e. The summed E-state index contributed by atoms with van der Waals surface area (Å²) in [5.41, 5.74) is 2.32. The first-order valence-corrected chi connectivity index (χ1v) is 6.91. The van der Waals surface area contributed by atoms with E-state index >= 15 is 0 Å². The molecule has 0 aliphatic rings. The van der Waals surface area contributed by atoms with Crippen molar-refractivity contribution in [2.75, 3.05) is 27.2 Å². The highest BCUT2D eigenvalue weighted by atomic mass is 16.1. The first-order chi connectivity index (χ1) is 8.91. The zero-order chi connectivity index (χ0) is 14.4. The molecular formula is C16H26N2O. The van der Waals surface area contributed by atoms with Crippen LogP contribution < -0.4 is 5.32 Å². The number of aryl methyl sites for hydroxylation is 1. The van der Waals surface area contributed by atoms with Gasteiger partial charge in [-0.1, -0.05) is 43.7 Å². The molecule has 0 fully saturated rings. The molecule has 0 saturated carbocycles. The van der Waals surface area contributed by atoms with Gasteiger partial charge in [-0.05, 0) is 32.5 Å². The number of carbonyl (C=O) groups excluding carboxylic acids is 1. The number of nitrogens with one attached hydrogen (secondary N) is 1. The standard InChI is InChI=1S/C16H26N2O/c1-12(2)15(14-8-6-13(3)7-9-14)16(19)17-10-11-18(4)5/h6-9,12,15H,10-11H2,1-5H3,(H,17,19). The number of hydrogen-bond donors (Lipinski definition) is 1. The topological polar surface area (TPSA) is 32.3 Å². The molecule has 1 aromatic carbocycles. The van der Waals surface area contributed by atoms with Crippen LogP contribution in [0.15, 0.2) is 24.3 Å². The molecule has 0 saturated heterocycles. The summed E-state index contributed by atoms with van der Waals surface area (Å²) in [6.07, 6.45) is 0. The van der Waals surface area contributed by atoms with Crippen LogP contribution in [0.25, 0.3) is 0 Å². The Morgan fingerprint density at radius 1 is 1.21 bits per heavy atom. The van der Waals surface area contributed by atoms with Crippen molar-refractivity contribution >= 4 is 5.91 Å². The smallest absolute Gasteiger partial charge is 0.227 e. The van der Waals surface area contributed by atoms with Crippen molar-refractivity contribution in [3.05, 3.63) is 35.4 Å². The van der Waals surface area contributed by atoms with Crippen molar-refractivity contribution in [3.63, 3.8) is 0 Å². The molecule has 1 unspecified atom stereocenters. The van der Waals surface area contributed by atoms with Crippen molar-refractivity contribution in [2.24, 2.45) is 5.92 Å². The molecule has 106 valence electrons. The maximum atomic E-state index is 12.3. The second-order valence-electron chi connectivity index (χ2n) is 5.73. The SMILES string of the molecule is Cc1ccc(C(C(=O)NCCN(C)C)C(C)C)cc1. The van der Waals surface area contributed by atoms with Gasteiger partial charge in [-0.25, -0.2) is 0 Å². The van der Waals surface area contributed by atoms with Crippen molar-refractivity contribution in [2.45, 2.75) is 26.7 Å². The normalized spacial score (nSPS) is 12.8. The average molecular weight is 262 g/mol. The Bertz CT molecular complexity index is 396. The van der Waals surface area contributed by atoms with Crippen LogP contribution in [0.1, 0.15) is 30.9 Å². The van der Waals surface area contributed by atoms with E-state index in [0.29, 0.717) is 12.5 Å². The molecule has 0 aliphatic heterocycles. The summed E-state index contributed by atoms with van der Waals surface area (Å²) in [6, 6.07) is 8.26. The van der Waals surface area contributed by atoms with E-state index < -0.39 is 0 Å². The molecule has 0 radical (unpaired) electrons. The predicted octanol–water partition coefficient (Wildman–Crippen LogP) is 2.41. The first-order valence-electron chi connectivity index (χ1n) is 6.91. The maximum absolute atomic E-state index is 12.3. The predicted molar refractivity (Wildman–Crippen MR) is 80.3 cm³/mol. The van der Waals surface area contributed by atoms with Crippen LogP contribution in [0.3, 0.4) is 0 Å². The number of nitrogens with zero attached hydrogens (tertiary/aromatic N) is 1. The summed E-state index contributed by atoms with van der Waals surface area (Å²) in [5, 5.41) is 3.03. The molecule has 1 rings (SSSR count). The lowest BCUT2D eigenvalue weighted by molar-refractivity contribution is -0.123. The Morgan fingerprint density at radius 3 is 2.26 bits per heavy atom. The van der Waals surface area contributed by atoms with Gasteiger partial charge in [0.1, 0.15) is 0 Å². The van der Waals surface area contributed by atoms with Gasteiger partial charge in [0.05, 0.1) is 5.92 Å². The number of rotatable bonds is 6. The third kappa shape index (κ3) is 5.03.